The maximum absolute atomic E-state index is 13.7. The molecule has 4 rings (SSSR count). The number of aryl methyl sites for hydroxylation is 1. The van der Waals surface area contributed by atoms with Crippen molar-refractivity contribution in [1.82, 2.24) is 9.78 Å². The van der Waals surface area contributed by atoms with Crippen LogP contribution in [0.5, 0.6) is 0 Å². The SMILES string of the molecule is Cn1ncc(-c2ccc(-c3ccc(C(F)(F)C(=O)O)cc3)cc2)c1NC(=O)OCc1ccccc1. The summed E-state index contributed by atoms with van der Waals surface area (Å²) in [5.74, 6) is -5.69. The van der Waals surface area contributed by atoms with Crippen LogP contribution in [0.3, 0.4) is 0 Å². The van der Waals surface area contributed by atoms with Crippen molar-refractivity contribution in [2.24, 2.45) is 7.05 Å². The summed E-state index contributed by atoms with van der Waals surface area (Å²) < 4.78 is 34.2. The zero-order valence-electron chi connectivity index (χ0n) is 18.6. The van der Waals surface area contributed by atoms with Crippen molar-refractivity contribution in [2.75, 3.05) is 5.32 Å². The quantitative estimate of drug-likeness (QED) is 0.357. The highest BCUT2D eigenvalue weighted by Gasteiger charge is 2.40. The van der Waals surface area contributed by atoms with Gasteiger partial charge in [-0.3, -0.25) is 10.00 Å². The van der Waals surface area contributed by atoms with Gasteiger partial charge in [0.25, 0.3) is 0 Å². The molecule has 4 aromatic rings. The Bertz CT molecular complexity index is 1340. The fourth-order valence-corrected chi connectivity index (χ4v) is 3.49. The number of benzene rings is 3. The van der Waals surface area contributed by atoms with Crippen LogP contribution >= 0.6 is 0 Å². The number of hydrogen-bond donors (Lipinski definition) is 2. The third-order valence-electron chi connectivity index (χ3n) is 5.42. The van der Waals surface area contributed by atoms with Crippen LogP contribution < -0.4 is 5.32 Å². The molecule has 0 aliphatic rings. The van der Waals surface area contributed by atoms with Crippen LogP contribution in [0.2, 0.25) is 0 Å². The molecule has 0 aliphatic carbocycles. The Kier molecular flexibility index (Phi) is 6.59. The average molecular weight is 477 g/mol. The number of halogens is 2. The number of alkyl halides is 2. The van der Waals surface area contributed by atoms with Gasteiger partial charge in [-0.25, -0.2) is 9.59 Å². The van der Waals surface area contributed by atoms with Gasteiger partial charge in [0, 0.05) is 18.2 Å². The minimum atomic E-state index is -3.95. The summed E-state index contributed by atoms with van der Waals surface area (Å²) in [4.78, 5) is 23.1. The minimum absolute atomic E-state index is 0.131. The number of carbonyl (C=O) groups is 2. The van der Waals surface area contributed by atoms with Gasteiger partial charge in [0.05, 0.1) is 6.20 Å². The second-order valence-electron chi connectivity index (χ2n) is 7.75. The third kappa shape index (κ3) is 5.19. The van der Waals surface area contributed by atoms with Gasteiger partial charge in [0.2, 0.25) is 0 Å². The first-order valence-electron chi connectivity index (χ1n) is 10.6. The van der Waals surface area contributed by atoms with E-state index in [2.05, 4.69) is 10.4 Å². The molecule has 1 aromatic heterocycles. The molecule has 0 unspecified atom stereocenters. The molecule has 35 heavy (non-hydrogen) atoms. The molecule has 1 heterocycles. The number of nitrogens with one attached hydrogen (secondary N) is 1. The molecule has 0 atom stereocenters. The molecular formula is C26H21F2N3O4. The zero-order chi connectivity index (χ0) is 25.0. The molecular weight excluding hydrogens is 456 g/mol. The summed E-state index contributed by atoms with van der Waals surface area (Å²) in [6, 6.07) is 21.6. The Morgan fingerprint density at radius 3 is 2.11 bits per heavy atom. The number of carboxylic acids is 1. The number of ether oxygens (including phenoxy) is 1. The summed E-state index contributed by atoms with van der Waals surface area (Å²) >= 11 is 0. The van der Waals surface area contributed by atoms with Gasteiger partial charge in [-0.05, 0) is 22.3 Å². The van der Waals surface area contributed by atoms with Crippen LogP contribution in [0.1, 0.15) is 11.1 Å². The number of nitrogens with zero attached hydrogens (tertiary/aromatic N) is 2. The van der Waals surface area contributed by atoms with E-state index in [1.54, 1.807) is 25.4 Å². The van der Waals surface area contributed by atoms with E-state index in [4.69, 9.17) is 9.84 Å². The average Bonchev–Trinajstić information content (AvgIpc) is 3.23. The van der Waals surface area contributed by atoms with E-state index >= 15 is 0 Å². The first kappa shape index (κ1) is 23.6. The van der Waals surface area contributed by atoms with Crippen LogP contribution in [0, 0.1) is 0 Å². The predicted octanol–water partition coefficient (Wildman–Crippen LogP) is 5.68. The number of aromatic nitrogens is 2. The van der Waals surface area contributed by atoms with Gasteiger partial charge >= 0.3 is 18.0 Å². The Morgan fingerprint density at radius 1 is 0.943 bits per heavy atom. The monoisotopic (exact) mass is 477 g/mol. The number of carbonyl (C=O) groups excluding carboxylic acids is 1. The molecule has 0 saturated heterocycles. The highest BCUT2D eigenvalue weighted by atomic mass is 19.3. The molecule has 2 N–H and O–H groups in total. The van der Waals surface area contributed by atoms with Crippen molar-refractivity contribution < 1.29 is 28.2 Å². The molecule has 7 nitrogen and oxygen atoms in total. The van der Waals surface area contributed by atoms with Gasteiger partial charge in [-0.15, -0.1) is 0 Å². The summed E-state index contributed by atoms with van der Waals surface area (Å²) in [6.07, 6.45) is 0.999. The molecule has 0 aliphatic heterocycles. The van der Waals surface area contributed by atoms with Crippen LogP contribution in [-0.2, 0) is 29.1 Å². The predicted molar refractivity (Wildman–Crippen MR) is 126 cm³/mol. The summed E-state index contributed by atoms with van der Waals surface area (Å²) in [5, 5.41) is 15.6. The molecule has 0 radical (unpaired) electrons. The first-order chi connectivity index (χ1) is 16.8. The highest BCUT2D eigenvalue weighted by molar-refractivity contribution is 5.90. The molecule has 3 aromatic carbocycles. The van der Waals surface area contributed by atoms with E-state index in [-0.39, 0.29) is 6.61 Å². The van der Waals surface area contributed by atoms with Crippen molar-refractivity contribution in [2.45, 2.75) is 12.5 Å². The van der Waals surface area contributed by atoms with Crippen LogP contribution in [0.25, 0.3) is 22.3 Å². The fraction of sp³-hybridized carbons (Fsp3) is 0.115. The van der Waals surface area contributed by atoms with Crippen molar-refractivity contribution in [3.05, 3.63) is 96.2 Å². The van der Waals surface area contributed by atoms with E-state index < -0.39 is 23.5 Å². The molecule has 0 fully saturated rings. The summed E-state index contributed by atoms with van der Waals surface area (Å²) in [6.45, 7) is 0.131. The number of amides is 1. The molecule has 0 spiro atoms. The zero-order valence-corrected chi connectivity index (χ0v) is 18.6. The second kappa shape index (κ2) is 9.76. The molecule has 1 amide bonds. The second-order valence-corrected chi connectivity index (χ2v) is 7.75. The van der Waals surface area contributed by atoms with Gasteiger partial charge < -0.3 is 9.84 Å². The lowest BCUT2D eigenvalue weighted by Gasteiger charge is -2.12. The number of carboxylic acid groups (broad SMARTS) is 1. The Labute approximate surface area is 199 Å². The van der Waals surface area contributed by atoms with Crippen molar-refractivity contribution >= 4 is 17.9 Å². The third-order valence-corrected chi connectivity index (χ3v) is 5.42. The Hall–Kier alpha value is -4.53. The molecule has 178 valence electrons. The lowest BCUT2D eigenvalue weighted by Crippen LogP contribution is -2.25. The highest BCUT2D eigenvalue weighted by Crippen LogP contribution is 2.32. The lowest BCUT2D eigenvalue weighted by atomic mass is 9.99. The Morgan fingerprint density at radius 2 is 1.51 bits per heavy atom. The standard InChI is InChI=1S/C26H21F2N3O4/c1-31-23(30-25(34)35-16-17-5-3-2-4-6-17)22(15-29-31)20-9-7-18(8-10-20)19-11-13-21(14-12-19)26(27,28)24(32)33/h2-15H,16H2,1H3,(H,30,34)(H,32,33). The smallest absolute Gasteiger partial charge is 0.413 e. The molecule has 0 saturated carbocycles. The Balaban J connectivity index is 1.48. The van der Waals surface area contributed by atoms with Crippen molar-refractivity contribution in [3.8, 4) is 22.3 Å². The van der Waals surface area contributed by atoms with E-state index in [1.165, 1.54) is 16.8 Å². The van der Waals surface area contributed by atoms with Gasteiger partial charge in [-0.2, -0.15) is 13.9 Å². The van der Waals surface area contributed by atoms with Gasteiger partial charge in [-0.1, -0.05) is 78.9 Å². The van der Waals surface area contributed by atoms with Crippen molar-refractivity contribution in [3.63, 3.8) is 0 Å². The van der Waals surface area contributed by atoms with Gasteiger partial charge in [0.15, 0.2) is 0 Å². The van der Waals surface area contributed by atoms with E-state index in [0.717, 1.165) is 28.8 Å². The molecule has 9 heteroatoms. The normalized spacial score (nSPS) is 11.2. The van der Waals surface area contributed by atoms with Crippen molar-refractivity contribution in [1.29, 1.82) is 0 Å². The topological polar surface area (TPSA) is 93.5 Å². The number of aliphatic carboxylic acids is 1. The summed E-state index contributed by atoms with van der Waals surface area (Å²) in [5.41, 5.74) is 3.12. The van der Waals surface area contributed by atoms with E-state index in [1.807, 2.05) is 42.5 Å². The number of hydrogen-bond acceptors (Lipinski definition) is 4. The first-order valence-corrected chi connectivity index (χ1v) is 10.6. The number of anilines is 1. The minimum Gasteiger partial charge on any atom is -0.477 e. The summed E-state index contributed by atoms with van der Waals surface area (Å²) in [7, 11) is 1.69. The van der Waals surface area contributed by atoms with Crippen LogP contribution in [-0.4, -0.2) is 26.9 Å². The van der Waals surface area contributed by atoms with Crippen LogP contribution in [0.4, 0.5) is 19.4 Å². The molecule has 0 bridgehead atoms. The maximum atomic E-state index is 13.7. The van der Waals surface area contributed by atoms with Crippen LogP contribution in [0.15, 0.2) is 85.1 Å². The van der Waals surface area contributed by atoms with Gasteiger partial charge in [0.1, 0.15) is 12.4 Å². The maximum Gasteiger partial charge on any atom is 0.413 e. The van der Waals surface area contributed by atoms with E-state index in [9.17, 15) is 18.4 Å². The fourth-order valence-electron chi connectivity index (χ4n) is 3.49. The number of rotatable bonds is 7. The van der Waals surface area contributed by atoms with E-state index in [0.29, 0.717) is 16.9 Å². The largest absolute Gasteiger partial charge is 0.477 e. The lowest BCUT2D eigenvalue weighted by molar-refractivity contribution is -0.166.